The average Bonchev–Trinajstić information content (AvgIpc) is 3.17. The second-order valence-electron chi connectivity index (χ2n) is 5.80. The van der Waals surface area contributed by atoms with E-state index < -0.39 is 0 Å². The van der Waals surface area contributed by atoms with Crippen molar-refractivity contribution in [2.24, 2.45) is 0 Å². The molecule has 0 bridgehead atoms. The first-order valence-corrected chi connectivity index (χ1v) is 7.79. The van der Waals surface area contributed by atoms with Gasteiger partial charge in [0.2, 0.25) is 17.6 Å². The van der Waals surface area contributed by atoms with E-state index in [1.807, 2.05) is 12.1 Å². The van der Waals surface area contributed by atoms with E-state index in [2.05, 4.69) is 51.6 Å². The molecule has 0 amide bonds. The molecule has 0 aliphatic carbocycles. The van der Waals surface area contributed by atoms with Gasteiger partial charge in [0.25, 0.3) is 0 Å². The summed E-state index contributed by atoms with van der Waals surface area (Å²) in [5.41, 5.74) is 2.28. The molecular formula is C16H20N6O. The normalized spacial score (nSPS) is 11.3. The second-order valence-corrected chi connectivity index (χ2v) is 5.80. The van der Waals surface area contributed by atoms with Gasteiger partial charge < -0.3 is 4.42 Å². The van der Waals surface area contributed by atoms with Gasteiger partial charge in [-0.15, -0.1) is 20.4 Å². The topological polar surface area (TPSA) is 82.5 Å². The summed E-state index contributed by atoms with van der Waals surface area (Å²) in [6.07, 6.45) is 1.53. The van der Waals surface area contributed by atoms with Crippen molar-refractivity contribution in [2.45, 2.75) is 46.1 Å². The lowest BCUT2D eigenvalue weighted by Gasteiger charge is -2.04. The van der Waals surface area contributed by atoms with Crippen molar-refractivity contribution in [3.63, 3.8) is 0 Å². The van der Waals surface area contributed by atoms with Crippen molar-refractivity contribution in [3.05, 3.63) is 41.6 Å². The van der Waals surface area contributed by atoms with E-state index in [4.69, 9.17) is 4.42 Å². The van der Waals surface area contributed by atoms with Crippen molar-refractivity contribution in [2.75, 3.05) is 0 Å². The fraction of sp³-hybridized carbons (Fsp3) is 0.438. The zero-order valence-electron chi connectivity index (χ0n) is 13.6. The molecule has 2 heterocycles. The second kappa shape index (κ2) is 6.68. The Morgan fingerprint density at radius 2 is 1.87 bits per heavy atom. The van der Waals surface area contributed by atoms with E-state index in [-0.39, 0.29) is 0 Å². The molecule has 0 radical (unpaired) electrons. The van der Waals surface area contributed by atoms with Crippen molar-refractivity contribution in [1.29, 1.82) is 0 Å². The van der Waals surface area contributed by atoms with Gasteiger partial charge in [-0.3, -0.25) is 0 Å². The van der Waals surface area contributed by atoms with Gasteiger partial charge in [-0.05, 0) is 23.1 Å². The summed E-state index contributed by atoms with van der Waals surface area (Å²) in [5.74, 6) is 2.40. The maximum absolute atomic E-state index is 5.34. The largest absolute Gasteiger partial charge is 0.426 e. The van der Waals surface area contributed by atoms with Crippen LogP contribution >= 0.6 is 0 Å². The molecule has 0 aliphatic rings. The maximum Gasteiger partial charge on any atom is 0.216 e. The molecule has 3 rings (SSSR count). The summed E-state index contributed by atoms with van der Waals surface area (Å²) >= 11 is 0. The summed E-state index contributed by atoms with van der Waals surface area (Å²) < 4.78 is 5.34. The summed E-state index contributed by atoms with van der Waals surface area (Å²) in [6, 6.07) is 8.30. The van der Waals surface area contributed by atoms with Crippen molar-refractivity contribution >= 4 is 0 Å². The lowest BCUT2D eigenvalue weighted by molar-refractivity contribution is 0.436. The molecule has 2 aromatic heterocycles. The fourth-order valence-electron chi connectivity index (χ4n) is 2.28. The predicted molar refractivity (Wildman–Crippen MR) is 84.7 cm³/mol. The smallest absolute Gasteiger partial charge is 0.216 e. The Labute approximate surface area is 134 Å². The quantitative estimate of drug-likeness (QED) is 0.696. The van der Waals surface area contributed by atoms with Crippen LogP contribution in [-0.2, 0) is 13.0 Å². The average molecular weight is 312 g/mol. The van der Waals surface area contributed by atoms with E-state index >= 15 is 0 Å². The third-order valence-electron chi connectivity index (χ3n) is 3.61. The van der Waals surface area contributed by atoms with Crippen LogP contribution in [0.5, 0.6) is 0 Å². The fourth-order valence-corrected chi connectivity index (χ4v) is 2.28. The molecule has 0 saturated heterocycles. The Kier molecular flexibility index (Phi) is 4.45. The van der Waals surface area contributed by atoms with E-state index in [1.165, 1.54) is 5.56 Å². The van der Waals surface area contributed by atoms with Crippen molar-refractivity contribution in [1.82, 2.24) is 30.4 Å². The molecule has 0 N–H and O–H groups in total. The monoisotopic (exact) mass is 312 g/mol. The molecule has 1 aromatic carbocycles. The van der Waals surface area contributed by atoms with Crippen LogP contribution in [0.2, 0.25) is 0 Å². The Hall–Kier alpha value is -2.57. The summed E-state index contributed by atoms with van der Waals surface area (Å²) in [4.78, 5) is 1.61. The zero-order valence-corrected chi connectivity index (χ0v) is 13.6. The number of aryl methyl sites for hydroxylation is 3. The van der Waals surface area contributed by atoms with E-state index in [1.54, 1.807) is 11.7 Å². The van der Waals surface area contributed by atoms with Crippen LogP contribution in [0.1, 0.15) is 43.5 Å². The summed E-state index contributed by atoms with van der Waals surface area (Å²) in [5, 5.41) is 20.4. The first kappa shape index (κ1) is 15.3. The van der Waals surface area contributed by atoms with Crippen LogP contribution in [0.25, 0.3) is 11.4 Å². The van der Waals surface area contributed by atoms with Gasteiger partial charge in [-0.25, -0.2) is 0 Å². The molecule has 23 heavy (non-hydrogen) atoms. The van der Waals surface area contributed by atoms with E-state index in [0.29, 0.717) is 36.5 Å². The Morgan fingerprint density at radius 1 is 1.09 bits per heavy atom. The van der Waals surface area contributed by atoms with Gasteiger partial charge >= 0.3 is 0 Å². The number of aromatic nitrogens is 6. The Bertz CT molecular complexity index is 759. The van der Waals surface area contributed by atoms with Crippen LogP contribution < -0.4 is 0 Å². The van der Waals surface area contributed by atoms with Crippen LogP contribution in [-0.4, -0.2) is 30.4 Å². The summed E-state index contributed by atoms with van der Waals surface area (Å²) in [6.45, 7) is 6.80. The molecular weight excluding hydrogens is 292 g/mol. The highest BCUT2D eigenvalue weighted by Crippen LogP contribution is 2.19. The Morgan fingerprint density at radius 3 is 2.52 bits per heavy atom. The highest BCUT2D eigenvalue weighted by Gasteiger charge is 2.08. The van der Waals surface area contributed by atoms with Crippen molar-refractivity contribution in [3.8, 4) is 11.4 Å². The number of hydrogen-bond donors (Lipinski definition) is 0. The minimum atomic E-state index is 0.515. The van der Waals surface area contributed by atoms with Gasteiger partial charge in [-0.2, -0.15) is 4.80 Å². The van der Waals surface area contributed by atoms with Gasteiger partial charge in [-0.1, -0.05) is 38.1 Å². The first-order valence-electron chi connectivity index (χ1n) is 7.79. The Balaban J connectivity index is 1.59. The number of rotatable bonds is 6. The summed E-state index contributed by atoms with van der Waals surface area (Å²) in [7, 11) is 0. The van der Waals surface area contributed by atoms with Crippen LogP contribution in [0, 0.1) is 6.92 Å². The third kappa shape index (κ3) is 3.80. The highest BCUT2D eigenvalue weighted by atomic mass is 16.4. The number of nitrogens with zero attached hydrogens (tertiary/aromatic N) is 6. The first-order chi connectivity index (χ1) is 11.1. The lowest BCUT2D eigenvalue weighted by Crippen LogP contribution is -2.04. The van der Waals surface area contributed by atoms with Gasteiger partial charge in [0.1, 0.15) is 0 Å². The molecule has 0 spiro atoms. The molecule has 3 aromatic rings. The minimum absolute atomic E-state index is 0.515. The zero-order chi connectivity index (χ0) is 16.2. The maximum atomic E-state index is 5.34. The molecule has 7 nitrogen and oxygen atoms in total. The van der Waals surface area contributed by atoms with E-state index in [9.17, 15) is 0 Å². The van der Waals surface area contributed by atoms with Crippen LogP contribution in [0.4, 0.5) is 0 Å². The molecule has 120 valence electrons. The van der Waals surface area contributed by atoms with Crippen LogP contribution in [0.3, 0.4) is 0 Å². The van der Waals surface area contributed by atoms with Gasteiger partial charge in [0.05, 0.1) is 6.54 Å². The number of tetrazole rings is 1. The number of benzene rings is 1. The molecule has 0 fully saturated rings. The predicted octanol–water partition coefficient (Wildman–Crippen LogP) is 2.79. The minimum Gasteiger partial charge on any atom is -0.426 e. The molecule has 0 atom stereocenters. The highest BCUT2D eigenvalue weighted by molar-refractivity contribution is 5.54. The molecule has 7 heteroatoms. The standard InChI is InChI=1S/C16H20N6O/c1-11(2)13-6-8-14(9-7-13)16-19-21-22(20-16)10-4-5-15-18-17-12(3)23-15/h6-9,11H,4-5,10H2,1-3H3. The van der Waals surface area contributed by atoms with Gasteiger partial charge in [0.15, 0.2) is 0 Å². The molecule has 0 unspecified atom stereocenters. The SMILES string of the molecule is Cc1nnc(CCCn2nnc(-c3ccc(C(C)C)cc3)n2)o1. The molecule has 0 aliphatic heterocycles. The van der Waals surface area contributed by atoms with Crippen molar-refractivity contribution < 1.29 is 4.42 Å². The van der Waals surface area contributed by atoms with Gasteiger partial charge in [0, 0.05) is 18.9 Å². The van der Waals surface area contributed by atoms with Crippen LogP contribution in [0.15, 0.2) is 28.7 Å². The molecule has 0 saturated carbocycles. The van der Waals surface area contributed by atoms with E-state index in [0.717, 1.165) is 12.0 Å². The third-order valence-corrected chi connectivity index (χ3v) is 3.61. The number of hydrogen-bond acceptors (Lipinski definition) is 6. The lowest BCUT2D eigenvalue weighted by atomic mass is 10.0.